The van der Waals surface area contributed by atoms with E-state index in [0.717, 1.165) is 34.1 Å². The molecule has 192 valence electrons. The number of aryl methyl sites for hydroxylation is 1. The second-order valence-corrected chi connectivity index (χ2v) is 9.19. The first-order chi connectivity index (χ1) is 17.9. The number of benzene rings is 1. The van der Waals surface area contributed by atoms with Gasteiger partial charge in [0.15, 0.2) is 11.3 Å². The molecule has 0 aliphatic carbocycles. The molecule has 4 heterocycles. The highest BCUT2D eigenvalue weighted by Gasteiger charge is 2.27. The summed E-state index contributed by atoms with van der Waals surface area (Å²) in [6.07, 6.45) is 1.77. The van der Waals surface area contributed by atoms with Crippen LogP contribution in [0.4, 0.5) is 10.3 Å². The van der Waals surface area contributed by atoms with E-state index in [4.69, 9.17) is 5.73 Å². The number of aromatic nitrogens is 6. The molecule has 1 unspecified atom stereocenters. The van der Waals surface area contributed by atoms with E-state index in [1.54, 1.807) is 11.5 Å². The van der Waals surface area contributed by atoms with Crippen LogP contribution in [0.25, 0.3) is 21.9 Å². The van der Waals surface area contributed by atoms with E-state index in [0.29, 0.717) is 24.9 Å². The van der Waals surface area contributed by atoms with Gasteiger partial charge < -0.3 is 10.6 Å². The Hall–Kier alpha value is -4.04. The lowest BCUT2D eigenvalue weighted by Crippen LogP contribution is -2.44. The summed E-state index contributed by atoms with van der Waals surface area (Å²) < 4.78 is 17.6. The van der Waals surface area contributed by atoms with Crippen molar-refractivity contribution in [3.63, 3.8) is 0 Å². The minimum Gasteiger partial charge on any atom is -0.341 e. The lowest BCUT2D eigenvalue weighted by Gasteiger charge is -2.31. The van der Waals surface area contributed by atoms with Crippen molar-refractivity contribution < 1.29 is 4.39 Å². The number of piperidine rings is 1. The molecule has 0 spiro atoms. The number of anilines is 1. The fourth-order valence-electron chi connectivity index (χ4n) is 4.97. The molecule has 1 atom stereocenters. The van der Waals surface area contributed by atoms with Crippen molar-refractivity contribution in [3.05, 3.63) is 56.5 Å². The third kappa shape index (κ3) is 4.49. The van der Waals surface area contributed by atoms with Crippen LogP contribution >= 0.6 is 0 Å². The molecule has 5 rings (SSSR count). The summed E-state index contributed by atoms with van der Waals surface area (Å²) in [5.41, 5.74) is 6.79. The lowest BCUT2D eigenvalue weighted by atomic mass is 10.1. The van der Waals surface area contributed by atoms with Gasteiger partial charge in [0, 0.05) is 30.2 Å². The standard InChI is InChI=1S/C26H29FN8O2/c1-3-4-13-33-23-22(31-26(33)32-12-7-8-18(28)15-32)24(36)34(14-11-27)35(25(23)37)16-21-29-17(2)19-9-5-6-10-20(19)30-21/h5-6,9-10,18H,7-8,11-16,28H2,1-2H3. The second-order valence-electron chi connectivity index (χ2n) is 9.19. The van der Waals surface area contributed by atoms with E-state index in [-0.39, 0.29) is 36.7 Å². The highest BCUT2D eigenvalue weighted by atomic mass is 19.1. The first-order valence-corrected chi connectivity index (χ1v) is 12.4. The monoisotopic (exact) mass is 504 g/mol. The average Bonchev–Trinajstić information content (AvgIpc) is 3.28. The molecular formula is C26H29FN8O2. The number of nitrogens with two attached hydrogens (primary N) is 1. The zero-order valence-corrected chi connectivity index (χ0v) is 20.9. The zero-order chi connectivity index (χ0) is 26.1. The van der Waals surface area contributed by atoms with Crippen LogP contribution in [-0.4, -0.2) is 54.7 Å². The fourth-order valence-corrected chi connectivity index (χ4v) is 4.97. The largest absolute Gasteiger partial charge is 0.341 e. The summed E-state index contributed by atoms with van der Waals surface area (Å²) >= 11 is 0. The predicted octanol–water partition coefficient (Wildman–Crippen LogP) is 1.58. The van der Waals surface area contributed by atoms with E-state index < -0.39 is 17.8 Å². The molecule has 37 heavy (non-hydrogen) atoms. The molecule has 0 saturated carbocycles. The van der Waals surface area contributed by atoms with Gasteiger partial charge in [-0.3, -0.25) is 14.2 Å². The maximum absolute atomic E-state index is 13.9. The highest BCUT2D eigenvalue weighted by molar-refractivity contribution is 5.80. The van der Waals surface area contributed by atoms with Gasteiger partial charge >= 0.3 is 0 Å². The van der Waals surface area contributed by atoms with Crippen molar-refractivity contribution in [3.8, 4) is 11.8 Å². The number of rotatable bonds is 6. The first kappa shape index (κ1) is 24.6. The number of halogens is 1. The van der Waals surface area contributed by atoms with Crippen molar-refractivity contribution in [2.75, 3.05) is 24.7 Å². The number of hydrogen-bond acceptors (Lipinski definition) is 7. The van der Waals surface area contributed by atoms with E-state index >= 15 is 0 Å². The van der Waals surface area contributed by atoms with Crippen molar-refractivity contribution in [1.29, 1.82) is 0 Å². The molecule has 4 aromatic rings. The summed E-state index contributed by atoms with van der Waals surface area (Å²) in [6, 6.07) is 7.53. The van der Waals surface area contributed by atoms with Crippen LogP contribution in [0.5, 0.6) is 0 Å². The topological polar surface area (TPSA) is 117 Å². The Morgan fingerprint density at radius 1 is 1.14 bits per heavy atom. The maximum Gasteiger partial charge on any atom is 0.293 e. The van der Waals surface area contributed by atoms with Gasteiger partial charge in [-0.2, -0.15) is 0 Å². The summed E-state index contributed by atoms with van der Waals surface area (Å²) in [7, 11) is 0. The van der Waals surface area contributed by atoms with Crippen molar-refractivity contribution in [2.45, 2.75) is 52.4 Å². The Bertz CT molecular complexity index is 1660. The van der Waals surface area contributed by atoms with Crippen LogP contribution in [0.3, 0.4) is 0 Å². The van der Waals surface area contributed by atoms with Crippen molar-refractivity contribution in [2.24, 2.45) is 5.73 Å². The van der Waals surface area contributed by atoms with Crippen molar-refractivity contribution >= 4 is 27.9 Å². The smallest absolute Gasteiger partial charge is 0.293 e. The lowest BCUT2D eigenvalue weighted by molar-refractivity contribution is 0.366. The summed E-state index contributed by atoms with van der Waals surface area (Å²) in [5, 5.41) is 0.899. The van der Waals surface area contributed by atoms with Gasteiger partial charge in [-0.1, -0.05) is 24.1 Å². The minimum atomic E-state index is -0.821. The van der Waals surface area contributed by atoms with Gasteiger partial charge in [-0.05, 0) is 32.8 Å². The van der Waals surface area contributed by atoms with E-state index in [1.807, 2.05) is 36.1 Å². The molecular weight excluding hydrogens is 475 g/mol. The molecule has 0 amide bonds. The number of alkyl halides is 1. The normalized spacial score (nSPS) is 15.8. The molecule has 3 aromatic heterocycles. The SMILES string of the molecule is CC#CCn1c(N2CCCC(N)C2)nc2c(=O)n(CCF)n(Cc3nc(C)c4ccccc4n3)c(=O)c21. The third-order valence-corrected chi connectivity index (χ3v) is 6.70. The fraction of sp³-hybridized carbons (Fsp3) is 0.423. The van der Waals surface area contributed by atoms with Gasteiger partial charge in [-0.15, -0.1) is 5.92 Å². The average molecular weight is 505 g/mol. The Labute approximate surface area is 212 Å². The molecule has 1 aliphatic rings. The first-order valence-electron chi connectivity index (χ1n) is 12.4. The van der Waals surface area contributed by atoms with Crippen LogP contribution < -0.4 is 21.8 Å². The van der Waals surface area contributed by atoms with E-state index in [9.17, 15) is 14.0 Å². The van der Waals surface area contributed by atoms with Crippen LogP contribution in [-0.2, 0) is 19.6 Å². The summed E-state index contributed by atoms with van der Waals surface area (Å²) in [4.78, 5) is 43.3. The summed E-state index contributed by atoms with van der Waals surface area (Å²) in [6.45, 7) is 3.81. The molecule has 11 heteroatoms. The van der Waals surface area contributed by atoms with Crippen LogP contribution in [0.15, 0.2) is 33.9 Å². The number of nitrogens with zero attached hydrogens (tertiary/aromatic N) is 7. The van der Waals surface area contributed by atoms with Gasteiger partial charge in [0.2, 0.25) is 5.95 Å². The van der Waals surface area contributed by atoms with Crippen LogP contribution in [0.1, 0.15) is 31.3 Å². The molecule has 1 aliphatic heterocycles. The van der Waals surface area contributed by atoms with Crippen LogP contribution in [0.2, 0.25) is 0 Å². The molecule has 10 nitrogen and oxygen atoms in total. The van der Waals surface area contributed by atoms with Gasteiger partial charge in [-0.25, -0.2) is 28.7 Å². The minimum absolute atomic E-state index is 0.00245. The molecule has 2 N–H and O–H groups in total. The Morgan fingerprint density at radius 3 is 2.70 bits per heavy atom. The van der Waals surface area contributed by atoms with E-state index in [1.165, 1.54) is 4.68 Å². The molecule has 1 fully saturated rings. The number of hydrogen-bond donors (Lipinski definition) is 1. The van der Waals surface area contributed by atoms with Gasteiger partial charge in [0.1, 0.15) is 18.7 Å². The third-order valence-electron chi connectivity index (χ3n) is 6.70. The Kier molecular flexibility index (Phi) is 6.76. The van der Waals surface area contributed by atoms with Gasteiger partial charge in [0.05, 0.1) is 18.6 Å². The van der Waals surface area contributed by atoms with E-state index in [2.05, 4.69) is 26.8 Å². The maximum atomic E-state index is 13.9. The number of imidazole rings is 1. The Morgan fingerprint density at radius 2 is 1.95 bits per heavy atom. The molecule has 0 radical (unpaired) electrons. The molecule has 1 aromatic carbocycles. The summed E-state index contributed by atoms with van der Waals surface area (Å²) in [5.74, 6) is 6.67. The quantitative estimate of drug-likeness (QED) is 0.396. The molecule has 1 saturated heterocycles. The second kappa shape index (κ2) is 10.1. The Balaban J connectivity index is 1.73. The van der Waals surface area contributed by atoms with Crippen molar-refractivity contribution in [1.82, 2.24) is 28.9 Å². The number of para-hydroxylation sites is 1. The predicted molar refractivity (Wildman–Crippen MR) is 140 cm³/mol. The van der Waals surface area contributed by atoms with Crippen LogP contribution in [0, 0.1) is 18.8 Å². The number of fused-ring (bicyclic) bond motifs is 2. The highest BCUT2D eigenvalue weighted by Crippen LogP contribution is 2.22. The zero-order valence-electron chi connectivity index (χ0n) is 20.9. The van der Waals surface area contributed by atoms with Gasteiger partial charge in [0.25, 0.3) is 11.1 Å². The molecule has 0 bridgehead atoms.